The number of pyridine rings is 1. The van der Waals surface area contributed by atoms with Crippen molar-refractivity contribution in [2.75, 3.05) is 11.9 Å². The number of rotatable bonds is 5. The van der Waals surface area contributed by atoms with Gasteiger partial charge in [-0.25, -0.2) is 14.6 Å². The Bertz CT molecular complexity index is 457. The summed E-state index contributed by atoms with van der Waals surface area (Å²) < 4.78 is 4.83. The number of nitrogens with one attached hydrogen (secondary N) is 1. The number of carbonyl (C=O) groups is 2. The van der Waals surface area contributed by atoms with E-state index < -0.39 is 12.1 Å². The van der Waals surface area contributed by atoms with Crippen LogP contribution in [0.2, 0.25) is 0 Å². The molecule has 0 bridgehead atoms. The van der Waals surface area contributed by atoms with Crippen molar-refractivity contribution in [2.45, 2.75) is 13.3 Å². The van der Waals surface area contributed by atoms with Crippen LogP contribution in [0.25, 0.3) is 6.08 Å². The van der Waals surface area contributed by atoms with Crippen molar-refractivity contribution in [1.82, 2.24) is 4.98 Å². The Morgan fingerprint density at radius 2 is 2.33 bits per heavy atom. The Morgan fingerprint density at radius 3 is 3.00 bits per heavy atom. The maximum Gasteiger partial charge on any atom is 0.412 e. The number of ether oxygens (including phenoxy) is 1. The molecule has 1 rings (SSSR count). The van der Waals surface area contributed by atoms with E-state index in [0.29, 0.717) is 18.0 Å². The molecule has 0 spiro atoms. The van der Waals surface area contributed by atoms with E-state index in [-0.39, 0.29) is 0 Å². The maximum absolute atomic E-state index is 11.3. The molecule has 1 amide bonds. The number of anilines is 1. The van der Waals surface area contributed by atoms with Gasteiger partial charge >= 0.3 is 12.1 Å². The van der Waals surface area contributed by atoms with Gasteiger partial charge in [0.25, 0.3) is 0 Å². The van der Waals surface area contributed by atoms with Crippen molar-refractivity contribution >= 4 is 24.0 Å². The monoisotopic (exact) mass is 250 g/mol. The van der Waals surface area contributed by atoms with Gasteiger partial charge in [0.2, 0.25) is 0 Å². The summed E-state index contributed by atoms with van der Waals surface area (Å²) in [5.41, 5.74) is 0.623. The van der Waals surface area contributed by atoms with Crippen LogP contribution < -0.4 is 5.32 Å². The van der Waals surface area contributed by atoms with Crippen LogP contribution >= 0.6 is 0 Å². The molecule has 0 aliphatic carbocycles. The van der Waals surface area contributed by atoms with Crippen molar-refractivity contribution < 1.29 is 19.4 Å². The molecule has 0 aromatic carbocycles. The fraction of sp³-hybridized carbons (Fsp3) is 0.250. The molecular weight excluding hydrogens is 236 g/mol. The molecule has 0 atom stereocenters. The van der Waals surface area contributed by atoms with Crippen LogP contribution in [0.3, 0.4) is 0 Å². The van der Waals surface area contributed by atoms with Gasteiger partial charge in [0.15, 0.2) is 0 Å². The number of nitrogens with zero attached hydrogens (tertiary/aromatic N) is 1. The smallest absolute Gasteiger partial charge is 0.412 e. The summed E-state index contributed by atoms with van der Waals surface area (Å²) in [6, 6.07) is 3.18. The lowest BCUT2D eigenvalue weighted by Gasteiger charge is -2.05. The molecule has 1 aromatic heterocycles. The molecule has 0 saturated heterocycles. The molecule has 0 radical (unpaired) electrons. The van der Waals surface area contributed by atoms with Gasteiger partial charge in [0, 0.05) is 12.3 Å². The van der Waals surface area contributed by atoms with Crippen molar-refractivity contribution in [3.8, 4) is 0 Å². The Labute approximate surface area is 104 Å². The molecule has 0 aliphatic heterocycles. The van der Waals surface area contributed by atoms with Crippen LogP contribution in [-0.2, 0) is 9.53 Å². The van der Waals surface area contributed by atoms with Gasteiger partial charge in [-0.1, -0.05) is 6.92 Å². The largest absolute Gasteiger partial charge is 0.478 e. The number of carbonyl (C=O) groups excluding carboxylic acids is 1. The summed E-state index contributed by atoms with van der Waals surface area (Å²) in [6.07, 6.45) is 4.05. The van der Waals surface area contributed by atoms with Gasteiger partial charge in [-0.2, -0.15) is 0 Å². The first-order valence-corrected chi connectivity index (χ1v) is 5.42. The first kappa shape index (κ1) is 13.7. The molecule has 0 saturated carbocycles. The molecule has 1 heterocycles. The Morgan fingerprint density at radius 1 is 1.56 bits per heavy atom. The minimum Gasteiger partial charge on any atom is -0.478 e. The standard InChI is InChI=1S/C12H14N2O4/c1-2-7-18-12(17)14-10-8-9(5-6-13-10)3-4-11(15)16/h3-6,8H,2,7H2,1H3,(H,15,16)(H,13,14,17)/b4-3+. The van der Waals surface area contributed by atoms with Crippen LogP contribution in [0.5, 0.6) is 0 Å². The molecule has 96 valence electrons. The highest BCUT2D eigenvalue weighted by atomic mass is 16.5. The molecule has 2 N–H and O–H groups in total. The summed E-state index contributed by atoms with van der Waals surface area (Å²) in [6.45, 7) is 2.23. The molecule has 0 fully saturated rings. The van der Waals surface area contributed by atoms with Gasteiger partial charge in [-0.05, 0) is 30.2 Å². The van der Waals surface area contributed by atoms with Crippen LogP contribution in [-0.4, -0.2) is 28.8 Å². The third-order valence-electron chi connectivity index (χ3n) is 1.87. The second kappa shape index (κ2) is 7.05. The number of hydrogen-bond acceptors (Lipinski definition) is 4. The van der Waals surface area contributed by atoms with E-state index in [1.54, 1.807) is 12.1 Å². The molecule has 0 unspecified atom stereocenters. The molecule has 6 nitrogen and oxygen atoms in total. The second-order valence-corrected chi connectivity index (χ2v) is 3.41. The van der Waals surface area contributed by atoms with Crippen LogP contribution in [0.4, 0.5) is 10.6 Å². The molecule has 0 aliphatic rings. The third-order valence-corrected chi connectivity index (χ3v) is 1.87. The average Bonchev–Trinajstić information content (AvgIpc) is 2.34. The van der Waals surface area contributed by atoms with Crippen molar-refractivity contribution in [3.05, 3.63) is 30.0 Å². The lowest BCUT2D eigenvalue weighted by Crippen LogP contribution is -2.14. The van der Waals surface area contributed by atoms with E-state index in [1.165, 1.54) is 12.3 Å². The van der Waals surface area contributed by atoms with Crippen LogP contribution in [0.1, 0.15) is 18.9 Å². The molecule has 6 heteroatoms. The van der Waals surface area contributed by atoms with E-state index >= 15 is 0 Å². The number of amides is 1. The van der Waals surface area contributed by atoms with Crippen LogP contribution in [0, 0.1) is 0 Å². The Kier molecular flexibility index (Phi) is 5.37. The summed E-state index contributed by atoms with van der Waals surface area (Å²) in [5.74, 6) is -0.729. The van der Waals surface area contributed by atoms with Crippen LogP contribution in [0.15, 0.2) is 24.4 Å². The molecule has 18 heavy (non-hydrogen) atoms. The number of hydrogen-bond donors (Lipinski definition) is 2. The first-order valence-electron chi connectivity index (χ1n) is 5.42. The van der Waals surface area contributed by atoms with Gasteiger partial charge in [-0.15, -0.1) is 0 Å². The highest BCUT2D eigenvalue weighted by molar-refractivity contribution is 5.86. The lowest BCUT2D eigenvalue weighted by atomic mass is 10.2. The zero-order valence-electron chi connectivity index (χ0n) is 9.92. The predicted octanol–water partition coefficient (Wildman–Crippen LogP) is 2.14. The minimum atomic E-state index is -1.04. The summed E-state index contributed by atoms with van der Waals surface area (Å²) in [7, 11) is 0. The van der Waals surface area contributed by atoms with Crippen molar-refractivity contribution in [1.29, 1.82) is 0 Å². The van der Waals surface area contributed by atoms with Gasteiger partial charge in [0.05, 0.1) is 6.61 Å². The summed E-state index contributed by atoms with van der Waals surface area (Å²) >= 11 is 0. The number of carboxylic acid groups (broad SMARTS) is 1. The van der Waals surface area contributed by atoms with Gasteiger partial charge in [-0.3, -0.25) is 5.32 Å². The van der Waals surface area contributed by atoms with Crippen molar-refractivity contribution in [2.24, 2.45) is 0 Å². The third kappa shape index (κ3) is 5.11. The van der Waals surface area contributed by atoms with E-state index in [4.69, 9.17) is 9.84 Å². The zero-order valence-corrected chi connectivity index (χ0v) is 9.92. The number of aromatic nitrogens is 1. The zero-order chi connectivity index (χ0) is 13.4. The molecule has 1 aromatic rings. The SMILES string of the molecule is CCCOC(=O)Nc1cc(/C=C/C(=O)O)ccn1. The van der Waals surface area contributed by atoms with E-state index in [1.807, 2.05) is 6.92 Å². The van der Waals surface area contributed by atoms with Crippen molar-refractivity contribution in [3.63, 3.8) is 0 Å². The van der Waals surface area contributed by atoms with Gasteiger partial charge in [0.1, 0.15) is 5.82 Å². The Hall–Kier alpha value is -2.37. The highest BCUT2D eigenvalue weighted by Gasteiger charge is 2.03. The summed E-state index contributed by atoms with van der Waals surface area (Å²) in [5, 5.41) is 10.9. The number of carboxylic acids is 1. The van der Waals surface area contributed by atoms with E-state index in [2.05, 4.69) is 10.3 Å². The fourth-order valence-corrected chi connectivity index (χ4v) is 1.12. The summed E-state index contributed by atoms with van der Waals surface area (Å²) in [4.78, 5) is 25.5. The second-order valence-electron chi connectivity index (χ2n) is 3.41. The topological polar surface area (TPSA) is 88.5 Å². The Balaban J connectivity index is 2.64. The lowest BCUT2D eigenvalue weighted by molar-refractivity contribution is -0.131. The maximum atomic E-state index is 11.3. The first-order chi connectivity index (χ1) is 8.61. The quantitative estimate of drug-likeness (QED) is 0.781. The van der Waals surface area contributed by atoms with E-state index in [0.717, 1.165) is 12.5 Å². The minimum absolute atomic E-state index is 0.309. The van der Waals surface area contributed by atoms with Gasteiger partial charge < -0.3 is 9.84 Å². The normalized spacial score (nSPS) is 10.3. The fourth-order valence-electron chi connectivity index (χ4n) is 1.12. The predicted molar refractivity (Wildman–Crippen MR) is 66.2 cm³/mol. The molecular formula is C12H14N2O4. The average molecular weight is 250 g/mol. The highest BCUT2D eigenvalue weighted by Crippen LogP contribution is 2.08. The van der Waals surface area contributed by atoms with E-state index in [9.17, 15) is 9.59 Å². The number of aliphatic carboxylic acids is 1.